The molecule has 0 aromatic heterocycles. The maximum Gasteiger partial charge on any atom is 0.252 e. The predicted octanol–water partition coefficient (Wildman–Crippen LogP) is 12.4. The topological polar surface area (TPSA) is 6.48 Å². The Morgan fingerprint density at radius 3 is 0.952 bits per heavy atom. The van der Waals surface area contributed by atoms with E-state index in [1.54, 1.807) is 0 Å². The fourth-order valence-corrected chi connectivity index (χ4v) is 25.6. The van der Waals surface area contributed by atoms with Gasteiger partial charge in [0.2, 0.25) is 0 Å². The number of hydrogen-bond acceptors (Lipinski definition) is 2. The van der Waals surface area contributed by atoms with Gasteiger partial charge < -0.3 is 9.80 Å². The van der Waals surface area contributed by atoms with Crippen LogP contribution in [0.5, 0.6) is 0 Å². The third kappa shape index (κ3) is 7.39. The summed E-state index contributed by atoms with van der Waals surface area (Å²) in [5.41, 5.74) is 20.4. The van der Waals surface area contributed by atoms with E-state index in [1.165, 1.54) is 131 Å². The molecule has 0 fully saturated rings. The van der Waals surface area contributed by atoms with Gasteiger partial charge in [-0.15, -0.1) is 0 Å². The number of benzene rings is 11. The molecule has 0 radical (unpaired) electrons. The fraction of sp³-hybridized carbons (Fsp3) is 0.154. The molecule has 0 aliphatic carbocycles. The molecule has 0 saturated carbocycles. The second-order valence-electron chi connectivity index (χ2n) is 26.8. The number of nitrogens with zero attached hydrogens (tertiary/aromatic N) is 2. The number of fused-ring (bicyclic) bond motifs is 10. The Balaban J connectivity index is 1.08. The van der Waals surface area contributed by atoms with Crippen LogP contribution < -0.4 is 67.7 Å². The minimum atomic E-state index is -2.86. The highest BCUT2D eigenvalue weighted by atomic mass is 28.3. The lowest BCUT2D eigenvalue weighted by molar-refractivity contribution is 0.590. The van der Waals surface area contributed by atoms with E-state index in [-0.39, 0.29) is 23.0 Å². The summed E-state index contributed by atoms with van der Waals surface area (Å²) >= 11 is 0. The van der Waals surface area contributed by atoms with Gasteiger partial charge in [0.1, 0.15) is 0 Å². The van der Waals surface area contributed by atoms with Crippen molar-refractivity contribution >= 4 is 115 Å². The first-order valence-electron chi connectivity index (χ1n) is 29.9. The van der Waals surface area contributed by atoms with E-state index in [2.05, 4.69) is 327 Å². The number of rotatable bonds is 6. The second kappa shape index (κ2) is 18.5. The van der Waals surface area contributed by atoms with Crippen molar-refractivity contribution in [3.05, 3.63) is 271 Å². The lowest BCUT2D eigenvalue weighted by Crippen LogP contribution is -2.72. The molecule has 11 aromatic carbocycles. The quantitative estimate of drug-likeness (QED) is 0.153. The van der Waals surface area contributed by atoms with Gasteiger partial charge >= 0.3 is 0 Å². The smallest absolute Gasteiger partial charge is 0.252 e. The highest BCUT2D eigenvalue weighted by Crippen LogP contribution is 2.51. The minimum absolute atomic E-state index is 0.0616. The first kappa shape index (κ1) is 51.4. The van der Waals surface area contributed by atoms with Crippen LogP contribution in [0, 0.1) is 0 Å². The van der Waals surface area contributed by atoms with Crippen molar-refractivity contribution in [3.63, 3.8) is 0 Å². The molecule has 5 heteroatoms. The molecule has 402 valence electrons. The Morgan fingerprint density at radius 1 is 0.277 bits per heavy atom. The van der Waals surface area contributed by atoms with Crippen LogP contribution in [0.1, 0.15) is 79.0 Å². The van der Waals surface area contributed by atoms with Gasteiger partial charge in [-0.05, 0) is 138 Å². The zero-order valence-electron chi connectivity index (χ0n) is 49.2. The molecular formula is C78H69BN2Si2. The SMILES string of the molecule is CC(C)(C)c1ccc2c(c1)B1c3cc(C(C)(C)C)ccc3N(c3cccc4c3-c3ccccc3[Si]4(c3ccccc3)c3ccccc3)c3cc(C(C)(C)C)cc(c31)N2c1cccc2c1-c1ccccc1[Si]2(c1ccccc1)c1ccccc1. The Bertz CT molecular complexity index is 4050. The maximum absolute atomic E-state index is 2.86. The van der Waals surface area contributed by atoms with Gasteiger partial charge in [0.05, 0.1) is 11.4 Å². The molecule has 4 aliphatic heterocycles. The minimum Gasteiger partial charge on any atom is -0.311 e. The molecule has 0 amide bonds. The van der Waals surface area contributed by atoms with Crippen LogP contribution in [0.4, 0.5) is 34.1 Å². The average molecular weight is 1100 g/mol. The Kier molecular flexibility index (Phi) is 11.5. The first-order chi connectivity index (χ1) is 40.1. The third-order valence-corrected chi connectivity index (χ3v) is 28.8. The molecule has 4 heterocycles. The van der Waals surface area contributed by atoms with Crippen LogP contribution >= 0.6 is 0 Å². The van der Waals surface area contributed by atoms with E-state index in [0.717, 1.165) is 0 Å². The largest absolute Gasteiger partial charge is 0.311 e. The van der Waals surface area contributed by atoms with E-state index in [1.807, 2.05) is 0 Å². The summed E-state index contributed by atoms with van der Waals surface area (Å²) in [5.74, 6) is 0. The zero-order valence-corrected chi connectivity index (χ0v) is 51.2. The monoisotopic (exact) mass is 1100 g/mol. The van der Waals surface area contributed by atoms with E-state index in [9.17, 15) is 0 Å². The molecule has 0 unspecified atom stereocenters. The molecule has 0 atom stereocenters. The van der Waals surface area contributed by atoms with Crippen molar-refractivity contribution in [2.75, 3.05) is 9.80 Å². The van der Waals surface area contributed by atoms with Crippen LogP contribution in [0.25, 0.3) is 22.3 Å². The molecule has 0 spiro atoms. The van der Waals surface area contributed by atoms with Gasteiger partial charge in [-0.3, -0.25) is 0 Å². The molecule has 15 rings (SSSR count). The molecule has 0 N–H and O–H groups in total. The van der Waals surface area contributed by atoms with E-state index >= 15 is 0 Å². The van der Waals surface area contributed by atoms with Gasteiger partial charge in [0.25, 0.3) is 6.71 Å². The first-order valence-corrected chi connectivity index (χ1v) is 33.9. The fourth-order valence-electron chi connectivity index (χ4n) is 15.2. The van der Waals surface area contributed by atoms with Crippen molar-refractivity contribution in [3.8, 4) is 22.3 Å². The molecule has 83 heavy (non-hydrogen) atoms. The molecule has 0 saturated heterocycles. The van der Waals surface area contributed by atoms with Crippen LogP contribution in [-0.2, 0) is 16.2 Å². The highest BCUT2D eigenvalue weighted by molar-refractivity contribution is 7.23. The molecule has 11 aromatic rings. The second-order valence-corrected chi connectivity index (χ2v) is 34.2. The highest BCUT2D eigenvalue weighted by Gasteiger charge is 2.53. The van der Waals surface area contributed by atoms with Crippen molar-refractivity contribution in [1.29, 1.82) is 0 Å². The maximum atomic E-state index is 2.73. The van der Waals surface area contributed by atoms with Gasteiger partial charge in [-0.2, -0.15) is 0 Å². The van der Waals surface area contributed by atoms with Crippen LogP contribution in [0.15, 0.2) is 255 Å². The standard InChI is InChI=1S/C78H69BN2Si2/c1-76(2,3)52-44-46-63-61(48-52)79-62-49-53(77(4,5)6)45-47-64(62)81(66-39-27-43-72-74(66)60-37-23-25-41-70(60)83(72,57-32-18-12-19-33-57)58-34-20-13-21-35-58)68-51-54(78(7,8)9)50-67(75(68)79)80(63)65-38-26-42-71-73(65)59-36-22-24-40-69(59)82(71,55-28-14-10-15-29-55)56-30-16-11-17-31-56/h10-51H,1-9H3. The van der Waals surface area contributed by atoms with E-state index in [4.69, 9.17) is 0 Å². The van der Waals surface area contributed by atoms with Gasteiger partial charge in [0.15, 0.2) is 16.1 Å². The van der Waals surface area contributed by atoms with E-state index in [0.29, 0.717) is 0 Å². The summed E-state index contributed by atoms with van der Waals surface area (Å²) in [6, 6.07) is 99.5. The summed E-state index contributed by atoms with van der Waals surface area (Å²) in [6.45, 7) is 21.4. The van der Waals surface area contributed by atoms with Crippen molar-refractivity contribution in [1.82, 2.24) is 0 Å². The van der Waals surface area contributed by atoms with Gasteiger partial charge in [-0.25, -0.2) is 0 Å². The Labute approximate surface area is 493 Å². The lowest BCUT2D eigenvalue weighted by Gasteiger charge is -2.46. The van der Waals surface area contributed by atoms with Crippen molar-refractivity contribution < 1.29 is 0 Å². The van der Waals surface area contributed by atoms with Crippen LogP contribution in [-0.4, -0.2) is 22.9 Å². The zero-order chi connectivity index (χ0) is 56.8. The van der Waals surface area contributed by atoms with Crippen molar-refractivity contribution in [2.24, 2.45) is 0 Å². The normalized spacial score (nSPS) is 14.9. The summed E-state index contributed by atoms with van der Waals surface area (Å²) in [7, 11) is -5.71. The van der Waals surface area contributed by atoms with Crippen LogP contribution in [0.2, 0.25) is 0 Å². The predicted molar refractivity (Wildman–Crippen MR) is 362 cm³/mol. The summed E-state index contributed by atoms with van der Waals surface area (Å²) in [6.07, 6.45) is 0. The molecule has 0 bridgehead atoms. The lowest BCUT2D eigenvalue weighted by atomic mass is 9.33. The summed E-state index contributed by atoms with van der Waals surface area (Å²) < 4.78 is 0. The Hall–Kier alpha value is -8.48. The number of anilines is 6. The molecule has 4 aliphatic rings. The number of hydrogen-bond donors (Lipinski definition) is 0. The third-order valence-electron chi connectivity index (χ3n) is 19.1. The van der Waals surface area contributed by atoms with Crippen molar-refractivity contribution in [2.45, 2.75) is 78.6 Å². The van der Waals surface area contributed by atoms with Crippen LogP contribution in [0.3, 0.4) is 0 Å². The van der Waals surface area contributed by atoms with Gasteiger partial charge in [-0.1, -0.05) is 281 Å². The molecule has 2 nitrogen and oxygen atoms in total. The Morgan fingerprint density at radius 2 is 0.602 bits per heavy atom. The summed E-state index contributed by atoms with van der Waals surface area (Å²) in [4.78, 5) is 5.46. The van der Waals surface area contributed by atoms with Gasteiger partial charge in [0, 0.05) is 33.9 Å². The van der Waals surface area contributed by atoms with E-state index < -0.39 is 16.1 Å². The average Bonchev–Trinajstić information content (AvgIpc) is 2.34. The molecular weight excluding hydrogens is 1030 g/mol. The summed E-state index contributed by atoms with van der Waals surface area (Å²) in [5, 5.41) is 11.4.